The Morgan fingerprint density at radius 1 is 1.64 bits per heavy atom. The number of halogens is 1. The molecule has 0 aliphatic heterocycles. The third kappa shape index (κ3) is 3.08. The molecule has 0 spiro atoms. The largest absolute Gasteiger partial charge is 0.242 e. The van der Waals surface area contributed by atoms with E-state index in [-0.39, 0.29) is 0 Å². The van der Waals surface area contributed by atoms with Crippen molar-refractivity contribution in [2.75, 3.05) is 11.6 Å². The second-order valence-electron chi connectivity index (χ2n) is 1.98. The molecular formula is C7H9ClN2S. The number of alkyl halides is 1. The highest BCUT2D eigenvalue weighted by Gasteiger charge is 1.94. The molecule has 1 aromatic rings. The lowest BCUT2D eigenvalue weighted by Gasteiger charge is -1.97. The third-order valence-corrected chi connectivity index (χ3v) is 2.42. The molecule has 0 saturated heterocycles. The molecular weight excluding hydrogens is 180 g/mol. The number of thioether (sulfide) groups is 1. The zero-order chi connectivity index (χ0) is 8.10. The van der Waals surface area contributed by atoms with Gasteiger partial charge < -0.3 is 0 Å². The van der Waals surface area contributed by atoms with E-state index < -0.39 is 0 Å². The van der Waals surface area contributed by atoms with Crippen molar-refractivity contribution in [2.24, 2.45) is 0 Å². The van der Waals surface area contributed by atoms with Crippen LogP contribution < -0.4 is 0 Å². The van der Waals surface area contributed by atoms with Crippen molar-refractivity contribution >= 4 is 23.4 Å². The van der Waals surface area contributed by atoms with Crippen molar-refractivity contribution in [1.29, 1.82) is 0 Å². The van der Waals surface area contributed by atoms with E-state index in [1.54, 1.807) is 18.0 Å². The standard InChI is InChI=1S/C7H9ClN2S/c1-6-9-4-2-7(10-6)11-5-3-8/h2,4H,3,5H2,1H3. The summed E-state index contributed by atoms with van der Waals surface area (Å²) in [6.07, 6.45) is 1.76. The van der Waals surface area contributed by atoms with Gasteiger partial charge in [-0.05, 0) is 13.0 Å². The maximum atomic E-state index is 5.53. The molecule has 0 radical (unpaired) electrons. The van der Waals surface area contributed by atoms with Gasteiger partial charge in [0.25, 0.3) is 0 Å². The summed E-state index contributed by atoms with van der Waals surface area (Å²) in [6, 6.07) is 1.89. The maximum Gasteiger partial charge on any atom is 0.126 e. The van der Waals surface area contributed by atoms with Gasteiger partial charge in [0.15, 0.2) is 0 Å². The van der Waals surface area contributed by atoms with Crippen LogP contribution >= 0.6 is 23.4 Å². The predicted molar refractivity (Wildman–Crippen MR) is 48.2 cm³/mol. The molecule has 1 heterocycles. The average molecular weight is 189 g/mol. The van der Waals surface area contributed by atoms with Crippen LogP contribution in [0.2, 0.25) is 0 Å². The van der Waals surface area contributed by atoms with E-state index in [4.69, 9.17) is 11.6 Å². The summed E-state index contributed by atoms with van der Waals surface area (Å²) < 4.78 is 0. The average Bonchev–Trinajstić information content (AvgIpc) is 2.01. The number of aryl methyl sites for hydroxylation is 1. The molecule has 0 N–H and O–H groups in total. The van der Waals surface area contributed by atoms with Crippen molar-refractivity contribution in [1.82, 2.24) is 9.97 Å². The lowest BCUT2D eigenvalue weighted by Crippen LogP contribution is -1.89. The minimum absolute atomic E-state index is 0.660. The van der Waals surface area contributed by atoms with Crippen molar-refractivity contribution in [3.63, 3.8) is 0 Å². The van der Waals surface area contributed by atoms with E-state index >= 15 is 0 Å². The molecule has 0 bridgehead atoms. The van der Waals surface area contributed by atoms with Crippen LogP contribution in [-0.4, -0.2) is 21.6 Å². The minimum atomic E-state index is 0.660. The first-order valence-electron chi connectivity index (χ1n) is 3.31. The molecule has 11 heavy (non-hydrogen) atoms. The van der Waals surface area contributed by atoms with Crippen LogP contribution in [0.15, 0.2) is 17.3 Å². The summed E-state index contributed by atoms with van der Waals surface area (Å²) in [5, 5.41) is 0.998. The molecule has 0 fully saturated rings. The van der Waals surface area contributed by atoms with Crippen LogP contribution in [0.5, 0.6) is 0 Å². The summed E-state index contributed by atoms with van der Waals surface area (Å²) >= 11 is 7.18. The first-order chi connectivity index (χ1) is 5.33. The quantitative estimate of drug-likeness (QED) is 0.413. The van der Waals surface area contributed by atoms with E-state index in [2.05, 4.69) is 9.97 Å². The van der Waals surface area contributed by atoms with Crippen molar-refractivity contribution < 1.29 is 0 Å². The first-order valence-corrected chi connectivity index (χ1v) is 4.83. The molecule has 0 saturated carbocycles. The maximum absolute atomic E-state index is 5.53. The van der Waals surface area contributed by atoms with Gasteiger partial charge in [-0.15, -0.1) is 23.4 Å². The summed E-state index contributed by atoms with van der Waals surface area (Å²) in [6.45, 7) is 1.88. The van der Waals surface area contributed by atoms with E-state index in [0.29, 0.717) is 5.88 Å². The second-order valence-corrected chi connectivity index (χ2v) is 3.47. The fourth-order valence-electron chi connectivity index (χ4n) is 0.658. The zero-order valence-corrected chi connectivity index (χ0v) is 7.82. The summed E-state index contributed by atoms with van der Waals surface area (Å²) in [4.78, 5) is 8.19. The van der Waals surface area contributed by atoms with Gasteiger partial charge in [0, 0.05) is 17.8 Å². The van der Waals surface area contributed by atoms with Crippen LogP contribution in [0.1, 0.15) is 5.82 Å². The number of nitrogens with zero attached hydrogens (tertiary/aromatic N) is 2. The van der Waals surface area contributed by atoms with Gasteiger partial charge in [-0.1, -0.05) is 0 Å². The highest BCUT2D eigenvalue weighted by atomic mass is 35.5. The molecule has 0 aliphatic rings. The number of aromatic nitrogens is 2. The zero-order valence-electron chi connectivity index (χ0n) is 6.25. The van der Waals surface area contributed by atoms with Crippen LogP contribution in [0, 0.1) is 6.92 Å². The molecule has 0 amide bonds. The fourth-order valence-corrected chi connectivity index (χ4v) is 1.53. The van der Waals surface area contributed by atoms with E-state index in [1.807, 2.05) is 13.0 Å². The Bertz CT molecular complexity index is 229. The van der Waals surface area contributed by atoms with Gasteiger partial charge in [-0.2, -0.15) is 0 Å². The van der Waals surface area contributed by atoms with E-state index in [1.165, 1.54) is 0 Å². The number of rotatable bonds is 3. The lowest BCUT2D eigenvalue weighted by molar-refractivity contribution is 0.968. The Hall–Kier alpha value is -0.280. The van der Waals surface area contributed by atoms with Crippen LogP contribution in [-0.2, 0) is 0 Å². The molecule has 0 aromatic carbocycles. The van der Waals surface area contributed by atoms with E-state index in [9.17, 15) is 0 Å². The van der Waals surface area contributed by atoms with Gasteiger partial charge in [-0.25, -0.2) is 9.97 Å². The number of hydrogen-bond donors (Lipinski definition) is 0. The Balaban J connectivity index is 2.56. The fraction of sp³-hybridized carbons (Fsp3) is 0.429. The Morgan fingerprint density at radius 2 is 2.45 bits per heavy atom. The monoisotopic (exact) mass is 188 g/mol. The summed E-state index contributed by atoms with van der Waals surface area (Å²) in [7, 11) is 0. The molecule has 4 heteroatoms. The van der Waals surface area contributed by atoms with Crippen LogP contribution in [0.4, 0.5) is 0 Å². The van der Waals surface area contributed by atoms with E-state index in [0.717, 1.165) is 16.6 Å². The van der Waals surface area contributed by atoms with Crippen LogP contribution in [0.25, 0.3) is 0 Å². The second kappa shape index (κ2) is 4.57. The predicted octanol–water partition coefficient (Wildman–Crippen LogP) is 2.12. The summed E-state index contributed by atoms with van der Waals surface area (Å²) in [5.74, 6) is 2.37. The number of hydrogen-bond acceptors (Lipinski definition) is 3. The smallest absolute Gasteiger partial charge is 0.126 e. The Morgan fingerprint density at radius 3 is 3.09 bits per heavy atom. The van der Waals surface area contributed by atoms with Crippen molar-refractivity contribution in [3.8, 4) is 0 Å². The highest BCUT2D eigenvalue weighted by Crippen LogP contribution is 2.13. The Labute approximate surface area is 75.4 Å². The first kappa shape index (κ1) is 8.81. The highest BCUT2D eigenvalue weighted by molar-refractivity contribution is 7.99. The molecule has 0 unspecified atom stereocenters. The van der Waals surface area contributed by atoms with Gasteiger partial charge >= 0.3 is 0 Å². The normalized spacial score (nSPS) is 10.0. The van der Waals surface area contributed by atoms with Crippen LogP contribution in [0.3, 0.4) is 0 Å². The topological polar surface area (TPSA) is 25.8 Å². The van der Waals surface area contributed by atoms with Gasteiger partial charge in [0.2, 0.25) is 0 Å². The SMILES string of the molecule is Cc1nccc(SCCCl)n1. The van der Waals surface area contributed by atoms with Crippen molar-refractivity contribution in [2.45, 2.75) is 11.9 Å². The molecule has 60 valence electrons. The molecule has 0 aliphatic carbocycles. The lowest BCUT2D eigenvalue weighted by atomic mass is 10.6. The van der Waals surface area contributed by atoms with Gasteiger partial charge in [-0.3, -0.25) is 0 Å². The van der Waals surface area contributed by atoms with Gasteiger partial charge in [0.05, 0.1) is 5.03 Å². The third-order valence-electron chi connectivity index (χ3n) is 1.08. The molecule has 0 atom stereocenters. The molecule has 2 nitrogen and oxygen atoms in total. The minimum Gasteiger partial charge on any atom is -0.242 e. The molecule has 1 rings (SSSR count). The van der Waals surface area contributed by atoms with Crippen molar-refractivity contribution in [3.05, 3.63) is 18.1 Å². The Kier molecular flexibility index (Phi) is 3.66. The summed E-state index contributed by atoms with van der Waals surface area (Å²) in [5.41, 5.74) is 0. The van der Waals surface area contributed by atoms with Gasteiger partial charge in [0.1, 0.15) is 5.82 Å². The molecule has 1 aromatic heterocycles.